The fourth-order valence-electron chi connectivity index (χ4n) is 1.52. The van der Waals surface area contributed by atoms with Gasteiger partial charge in [-0.05, 0) is 24.1 Å². The molecule has 0 amide bonds. The zero-order chi connectivity index (χ0) is 13.1. The fraction of sp³-hybridized carbons (Fsp3) is 0.417. The van der Waals surface area contributed by atoms with Gasteiger partial charge in [-0.1, -0.05) is 19.1 Å². The highest BCUT2D eigenvalue weighted by Crippen LogP contribution is 2.32. The number of aliphatic hydroxyl groups is 1. The predicted octanol–water partition coefficient (Wildman–Crippen LogP) is 3.29. The largest absolute Gasteiger partial charge is 0.416 e. The molecular weight excluding hydrogens is 231 g/mol. The molecule has 92 valence electrons. The molecule has 2 unspecified atom stereocenters. The van der Waals surface area contributed by atoms with Crippen LogP contribution in [0.3, 0.4) is 0 Å². The number of alkyl halides is 3. The van der Waals surface area contributed by atoms with Gasteiger partial charge in [0, 0.05) is 0 Å². The Morgan fingerprint density at radius 1 is 1.41 bits per heavy atom. The van der Waals surface area contributed by atoms with Crippen molar-refractivity contribution in [3.05, 3.63) is 35.4 Å². The highest BCUT2D eigenvalue weighted by molar-refractivity contribution is 5.28. The van der Waals surface area contributed by atoms with E-state index < -0.39 is 23.8 Å². The second kappa shape index (κ2) is 5.19. The van der Waals surface area contributed by atoms with E-state index in [0.29, 0.717) is 6.42 Å². The van der Waals surface area contributed by atoms with Crippen LogP contribution in [-0.4, -0.2) is 5.11 Å². The smallest absolute Gasteiger partial charge is 0.387 e. The number of nitrogens with zero attached hydrogens (tertiary/aromatic N) is 1. The van der Waals surface area contributed by atoms with Crippen LogP contribution >= 0.6 is 0 Å². The van der Waals surface area contributed by atoms with Crippen LogP contribution in [0.2, 0.25) is 0 Å². The summed E-state index contributed by atoms with van der Waals surface area (Å²) < 4.78 is 37.3. The lowest BCUT2D eigenvalue weighted by Gasteiger charge is -2.16. The second-order valence-corrected chi connectivity index (χ2v) is 3.71. The van der Waals surface area contributed by atoms with Crippen LogP contribution in [0.4, 0.5) is 13.2 Å². The lowest BCUT2D eigenvalue weighted by molar-refractivity contribution is -0.137. The average molecular weight is 243 g/mol. The van der Waals surface area contributed by atoms with Crippen LogP contribution in [0.1, 0.15) is 30.6 Å². The van der Waals surface area contributed by atoms with Crippen molar-refractivity contribution in [3.8, 4) is 6.07 Å². The molecule has 0 radical (unpaired) electrons. The van der Waals surface area contributed by atoms with Crippen LogP contribution in [-0.2, 0) is 6.18 Å². The summed E-state index contributed by atoms with van der Waals surface area (Å²) in [6.07, 6.45) is -5.25. The van der Waals surface area contributed by atoms with Gasteiger partial charge >= 0.3 is 6.18 Å². The number of nitriles is 1. The normalized spacial score (nSPS) is 15.1. The molecule has 0 aliphatic carbocycles. The van der Waals surface area contributed by atoms with Gasteiger partial charge in [0.15, 0.2) is 0 Å². The first kappa shape index (κ1) is 13.5. The first-order valence-corrected chi connectivity index (χ1v) is 5.15. The van der Waals surface area contributed by atoms with E-state index in [9.17, 15) is 18.3 Å². The van der Waals surface area contributed by atoms with E-state index in [0.717, 1.165) is 12.1 Å². The maximum Gasteiger partial charge on any atom is 0.416 e. The minimum Gasteiger partial charge on any atom is -0.387 e. The van der Waals surface area contributed by atoms with Crippen molar-refractivity contribution < 1.29 is 18.3 Å². The zero-order valence-corrected chi connectivity index (χ0v) is 9.20. The Morgan fingerprint density at radius 2 is 2.06 bits per heavy atom. The molecule has 1 N–H and O–H groups in total. The summed E-state index contributed by atoms with van der Waals surface area (Å²) in [6.45, 7) is 1.70. The fourth-order valence-corrected chi connectivity index (χ4v) is 1.52. The Balaban J connectivity index is 3.04. The summed E-state index contributed by atoms with van der Waals surface area (Å²) in [5.74, 6) is -0.696. The third-order valence-electron chi connectivity index (χ3n) is 2.54. The maximum atomic E-state index is 12.4. The Bertz CT molecular complexity index is 422. The Morgan fingerprint density at radius 3 is 2.53 bits per heavy atom. The van der Waals surface area contributed by atoms with E-state index in [1.54, 1.807) is 6.92 Å². The molecule has 1 aromatic rings. The minimum atomic E-state index is -4.44. The van der Waals surface area contributed by atoms with Gasteiger partial charge in [0.2, 0.25) is 0 Å². The van der Waals surface area contributed by atoms with Crippen molar-refractivity contribution in [2.24, 2.45) is 5.92 Å². The van der Waals surface area contributed by atoms with Crippen molar-refractivity contribution in [2.45, 2.75) is 25.6 Å². The number of hydrogen-bond acceptors (Lipinski definition) is 2. The summed E-state index contributed by atoms with van der Waals surface area (Å²) in [7, 11) is 0. The Labute approximate surface area is 97.3 Å². The van der Waals surface area contributed by atoms with Crippen molar-refractivity contribution in [3.63, 3.8) is 0 Å². The van der Waals surface area contributed by atoms with Gasteiger partial charge in [-0.2, -0.15) is 18.4 Å². The lowest BCUT2D eigenvalue weighted by Crippen LogP contribution is -2.12. The van der Waals surface area contributed by atoms with Crippen molar-refractivity contribution in [1.29, 1.82) is 5.26 Å². The van der Waals surface area contributed by atoms with Gasteiger partial charge in [0.25, 0.3) is 0 Å². The zero-order valence-electron chi connectivity index (χ0n) is 9.20. The Hall–Kier alpha value is -1.54. The summed E-state index contributed by atoms with van der Waals surface area (Å²) in [4.78, 5) is 0. The van der Waals surface area contributed by atoms with Crippen LogP contribution in [0, 0.1) is 17.2 Å². The molecule has 2 nitrogen and oxygen atoms in total. The quantitative estimate of drug-likeness (QED) is 0.885. The van der Waals surface area contributed by atoms with E-state index in [1.165, 1.54) is 12.1 Å². The molecule has 5 heteroatoms. The molecule has 0 heterocycles. The molecule has 0 bridgehead atoms. The predicted molar refractivity (Wildman–Crippen MR) is 55.8 cm³/mol. The molecular formula is C12H12F3NO. The second-order valence-electron chi connectivity index (χ2n) is 3.71. The molecule has 0 aliphatic rings. The van der Waals surface area contributed by atoms with E-state index in [4.69, 9.17) is 5.26 Å². The van der Waals surface area contributed by atoms with Crippen molar-refractivity contribution in [2.75, 3.05) is 0 Å². The van der Waals surface area contributed by atoms with Crippen LogP contribution in [0.5, 0.6) is 0 Å². The number of rotatable bonds is 3. The van der Waals surface area contributed by atoms with Crippen molar-refractivity contribution >= 4 is 0 Å². The number of halogens is 3. The van der Waals surface area contributed by atoms with Gasteiger partial charge < -0.3 is 5.11 Å². The average Bonchev–Trinajstić information content (AvgIpc) is 2.29. The van der Waals surface area contributed by atoms with Gasteiger partial charge in [0.05, 0.1) is 23.7 Å². The Kier molecular flexibility index (Phi) is 4.13. The number of hydrogen-bond donors (Lipinski definition) is 1. The highest BCUT2D eigenvalue weighted by atomic mass is 19.4. The first-order valence-electron chi connectivity index (χ1n) is 5.15. The molecule has 0 aromatic heterocycles. The third kappa shape index (κ3) is 3.21. The summed E-state index contributed by atoms with van der Waals surface area (Å²) in [5.41, 5.74) is -0.699. The topological polar surface area (TPSA) is 44.0 Å². The van der Waals surface area contributed by atoms with Crippen molar-refractivity contribution in [1.82, 2.24) is 0 Å². The van der Waals surface area contributed by atoms with Crippen LogP contribution in [0.15, 0.2) is 24.3 Å². The van der Waals surface area contributed by atoms with E-state index in [2.05, 4.69) is 0 Å². The van der Waals surface area contributed by atoms with Gasteiger partial charge in [-0.15, -0.1) is 0 Å². The molecule has 0 spiro atoms. The first-order chi connectivity index (χ1) is 7.90. The number of aliphatic hydroxyl groups excluding tert-OH is 1. The monoisotopic (exact) mass is 243 g/mol. The summed E-state index contributed by atoms with van der Waals surface area (Å²) in [6, 6.07) is 6.31. The minimum absolute atomic E-state index is 0.119. The molecule has 17 heavy (non-hydrogen) atoms. The van der Waals surface area contributed by atoms with Crippen LogP contribution in [0.25, 0.3) is 0 Å². The third-order valence-corrected chi connectivity index (χ3v) is 2.54. The molecule has 0 saturated heterocycles. The molecule has 0 saturated carbocycles. The van der Waals surface area contributed by atoms with Gasteiger partial charge in [0.1, 0.15) is 0 Å². The molecule has 1 rings (SSSR count). The molecule has 0 aliphatic heterocycles. The molecule has 2 atom stereocenters. The van der Waals surface area contributed by atoms with Gasteiger partial charge in [-0.3, -0.25) is 0 Å². The maximum absolute atomic E-state index is 12.4. The summed E-state index contributed by atoms with van der Waals surface area (Å²) >= 11 is 0. The van der Waals surface area contributed by atoms with Crippen LogP contribution < -0.4 is 0 Å². The molecule has 0 fully saturated rings. The van der Waals surface area contributed by atoms with E-state index >= 15 is 0 Å². The standard InChI is InChI=1S/C12H12F3NO/c1-2-8(7-16)11(17)9-4-3-5-10(6-9)12(13,14)15/h3-6,8,11,17H,2H2,1H3. The van der Waals surface area contributed by atoms with E-state index in [-0.39, 0.29) is 5.56 Å². The highest BCUT2D eigenvalue weighted by Gasteiger charge is 2.31. The molecule has 1 aromatic carbocycles. The van der Waals surface area contributed by atoms with E-state index in [1.807, 2.05) is 6.07 Å². The number of benzene rings is 1. The van der Waals surface area contributed by atoms with Gasteiger partial charge in [-0.25, -0.2) is 0 Å². The lowest BCUT2D eigenvalue weighted by atomic mass is 9.94. The summed E-state index contributed by atoms with van der Waals surface area (Å²) in [5, 5.41) is 18.5. The SMILES string of the molecule is CCC(C#N)C(O)c1cccc(C(F)(F)F)c1.